The van der Waals surface area contributed by atoms with Crippen LogP contribution < -0.4 is 5.32 Å². The van der Waals surface area contributed by atoms with E-state index in [0.29, 0.717) is 35.8 Å². The molecule has 41 heavy (non-hydrogen) atoms. The van der Waals surface area contributed by atoms with Crippen molar-refractivity contribution in [1.82, 2.24) is 20.1 Å². The first-order valence-corrected chi connectivity index (χ1v) is 14.4. The molecule has 1 N–H and O–H groups in total. The highest BCUT2D eigenvalue weighted by Gasteiger charge is 2.38. The standard InChI is InChI=1S/C28H28ClF2N5O4S/c1-4-40-28(38)21-24(15-5-8-19-16(12-15)13-36(35-19)14(2)11-20(37)39-3)33-26(27-32-9-10-41-27)34-25(21)17-6-7-18(30)23(31)22(17)29/h6-7,9-10,13-15,25H,4-5,8,11-12H2,1-3H3,(H,33,34). The van der Waals surface area contributed by atoms with Crippen LogP contribution in [-0.2, 0) is 31.9 Å². The second kappa shape index (κ2) is 12.1. The number of fused-ring (bicyclic) bond motifs is 1. The molecule has 1 aromatic carbocycles. The van der Waals surface area contributed by atoms with E-state index in [1.165, 1.54) is 24.5 Å². The van der Waals surface area contributed by atoms with Crippen LogP contribution >= 0.6 is 22.9 Å². The van der Waals surface area contributed by atoms with Gasteiger partial charge in [0.15, 0.2) is 22.5 Å². The van der Waals surface area contributed by atoms with Crippen molar-refractivity contribution in [3.63, 3.8) is 0 Å². The normalized spacial score (nSPS) is 19.2. The van der Waals surface area contributed by atoms with Gasteiger partial charge in [0.1, 0.15) is 6.04 Å². The molecule has 5 rings (SSSR count). The topological polar surface area (TPSA) is 108 Å². The molecule has 0 fully saturated rings. The molecule has 0 amide bonds. The van der Waals surface area contributed by atoms with E-state index in [-0.39, 0.29) is 42.1 Å². The van der Waals surface area contributed by atoms with Crippen molar-refractivity contribution < 1.29 is 27.8 Å². The van der Waals surface area contributed by atoms with Crippen molar-refractivity contribution in [3.05, 3.63) is 79.7 Å². The first-order valence-electron chi connectivity index (χ1n) is 13.1. The lowest BCUT2D eigenvalue weighted by atomic mass is 9.81. The molecular formula is C28H28ClF2N5O4S. The maximum Gasteiger partial charge on any atom is 0.338 e. The van der Waals surface area contributed by atoms with Crippen molar-refractivity contribution in [2.75, 3.05) is 13.7 Å². The fourth-order valence-corrected chi connectivity index (χ4v) is 6.01. The van der Waals surface area contributed by atoms with E-state index in [9.17, 15) is 18.4 Å². The molecule has 3 aromatic rings. The predicted molar refractivity (Wildman–Crippen MR) is 149 cm³/mol. The number of methoxy groups -OCH3 is 1. The summed E-state index contributed by atoms with van der Waals surface area (Å²) in [5.74, 6) is -3.06. The monoisotopic (exact) mass is 603 g/mol. The van der Waals surface area contributed by atoms with Crippen LogP contribution in [0.2, 0.25) is 5.02 Å². The van der Waals surface area contributed by atoms with Crippen LogP contribution in [0.15, 0.2) is 46.2 Å². The Balaban J connectivity index is 1.58. The zero-order valence-corrected chi connectivity index (χ0v) is 24.2. The number of aromatic nitrogens is 3. The van der Waals surface area contributed by atoms with Crippen LogP contribution in [0, 0.1) is 17.6 Å². The van der Waals surface area contributed by atoms with Gasteiger partial charge in [0.2, 0.25) is 0 Å². The Kier molecular flexibility index (Phi) is 8.50. The number of ether oxygens (including phenoxy) is 2. The Morgan fingerprint density at radius 3 is 2.83 bits per heavy atom. The molecule has 3 heterocycles. The number of benzene rings is 1. The third kappa shape index (κ3) is 5.76. The Hall–Kier alpha value is -3.64. The summed E-state index contributed by atoms with van der Waals surface area (Å²) in [6.07, 6.45) is 5.54. The fraction of sp³-hybridized carbons (Fsp3) is 0.393. The van der Waals surface area contributed by atoms with Crippen LogP contribution in [0.4, 0.5) is 8.78 Å². The summed E-state index contributed by atoms with van der Waals surface area (Å²) in [7, 11) is 1.35. The van der Waals surface area contributed by atoms with Crippen LogP contribution in [-0.4, -0.2) is 46.3 Å². The summed E-state index contributed by atoms with van der Waals surface area (Å²) in [6, 6.07) is 1.05. The summed E-state index contributed by atoms with van der Waals surface area (Å²) in [5.41, 5.74) is 2.79. The summed E-state index contributed by atoms with van der Waals surface area (Å²) in [6.45, 7) is 3.69. The van der Waals surface area contributed by atoms with E-state index in [0.717, 1.165) is 17.3 Å². The molecule has 0 saturated carbocycles. The van der Waals surface area contributed by atoms with E-state index >= 15 is 0 Å². The molecule has 0 spiro atoms. The molecule has 0 radical (unpaired) electrons. The van der Waals surface area contributed by atoms with Crippen LogP contribution in [0.5, 0.6) is 0 Å². The summed E-state index contributed by atoms with van der Waals surface area (Å²) in [5, 5.41) is 9.94. The van der Waals surface area contributed by atoms with Crippen molar-refractivity contribution in [2.45, 2.75) is 51.6 Å². The fourth-order valence-electron chi connectivity index (χ4n) is 5.16. The predicted octanol–water partition coefficient (Wildman–Crippen LogP) is 5.11. The van der Waals surface area contributed by atoms with Gasteiger partial charge in [0.25, 0.3) is 0 Å². The van der Waals surface area contributed by atoms with Crippen LogP contribution in [0.3, 0.4) is 0 Å². The first kappa shape index (κ1) is 28.9. The number of rotatable bonds is 8. The minimum absolute atomic E-state index is 0.108. The van der Waals surface area contributed by atoms with Crippen molar-refractivity contribution in [1.29, 1.82) is 0 Å². The van der Waals surface area contributed by atoms with Crippen molar-refractivity contribution >= 4 is 40.7 Å². The molecule has 3 atom stereocenters. The van der Waals surface area contributed by atoms with E-state index in [1.54, 1.807) is 23.2 Å². The number of hydrogen-bond donors (Lipinski definition) is 1. The molecule has 9 nitrogen and oxygen atoms in total. The van der Waals surface area contributed by atoms with E-state index in [1.807, 2.05) is 13.1 Å². The maximum atomic E-state index is 14.6. The number of esters is 2. The number of carbonyl (C=O) groups is 2. The Morgan fingerprint density at radius 1 is 1.32 bits per heavy atom. The lowest BCUT2D eigenvalue weighted by molar-refractivity contribution is -0.141. The van der Waals surface area contributed by atoms with E-state index < -0.39 is 28.7 Å². The zero-order chi connectivity index (χ0) is 29.3. The molecule has 0 saturated heterocycles. The summed E-state index contributed by atoms with van der Waals surface area (Å²) < 4.78 is 40.6. The molecule has 0 bridgehead atoms. The van der Waals surface area contributed by atoms with E-state index in [2.05, 4.69) is 10.3 Å². The molecule has 216 valence electrons. The molecule has 13 heteroatoms. The lowest BCUT2D eigenvalue weighted by Gasteiger charge is -2.33. The van der Waals surface area contributed by atoms with Gasteiger partial charge >= 0.3 is 11.9 Å². The molecular weight excluding hydrogens is 576 g/mol. The van der Waals surface area contributed by atoms with Gasteiger partial charge in [-0.15, -0.1) is 11.3 Å². The number of aliphatic imine (C=N–C) groups is 1. The number of hydrogen-bond acceptors (Lipinski definition) is 9. The molecule has 1 aliphatic carbocycles. The highest BCUT2D eigenvalue weighted by atomic mass is 35.5. The SMILES string of the molecule is CCOC(=O)C1=C(C2CCc3nn(C(C)CC(=O)OC)cc3C2)NC(c2nccs2)=NC1c1ccc(F)c(F)c1Cl. The number of halogens is 3. The van der Waals surface area contributed by atoms with Crippen LogP contribution in [0.25, 0.3) is 0 Å². The Morgan fingerprint density at radius 2 is 2.12 bits per heavy atom. The molecule has 1 aliphatic heterocycles. The average molecular weight is 604 g/mol. The molecule has 3 unspecified atom stereocenters. The number of nitrogens with one attached hydrogen (secondary N) is 1. The largest absolute Gasteiger partial charge is 0.469 e. The van der Waals surface area contributed by atoms with Gasteiger partial charge in [-0.05, 0) is 44.7 Å². The van der Waals surface area contributed by atoms with Gasteiger partial charge in [-0.25, -0.2) is 18.6 Å². The first-order chi connectivity index (χ1) is 19.7. The average Bonchev–Trinajstić information content (AvgIpc) is 3.66. The molecule has 2 aromatic heterocycles. The number of thiazole rings is 1. The second-order valence-corrected chi connectivity index (χ2v) is 11.1. The van der Waals surface area contributed by atoms with Gasteiger partial charge in [-0.3, -0.25) is 14.5 Å². The van der Waals surface area contributed by atoms with Gasteiger partial charge in [0.05, 0.1) is 42.5 Å². The van der Waals surface area contributed by atoms with E-state index in [4.69, 9.17) is 31.2 Å². The van der Waals surface area contributed by atoms with Gasteiger partial charge in [-0.2, -0.15) is 5.10 Å². The minimum atomic E-state index is -1.21. The molecule has 2 aliphatic rings. The zero-order valence-electron chi connectivity index (χ0n) is 22.6. The third-order valence-corrected chi connectivity index (χ3v) is 8.37. The van der Waals surface area contributed by atoms with Crippen molar-refractivity contribution in [2.24, 2.45) is 10.9 Å². The highest BCUT2D eigenvalue weighted by Crippen LogP contribution is 2.41. The lowest BCUT2D eigenvalue weighted by Crippen LogP contribution is -2.38. The second-order valence-electron chi connectivity index (χ2n) is 9.80. The highest BCUT2D eigenvalue weighted by molar-refractivity contribution is 7.11. The number of allylic oxidation sites excluding steroid dienone is 1. The van der Waals surface area contributed by atoms with Gasteiger partial charge in [-0.1, -0.05) is 17.7 Å². The Labute approximate surface area is 244 Å². The summed E-state index contributed by atoms with van der Waals surface area (Å²) in [4.78, 5) is 34.4. The van der Waals surface area contributed by atoms with Gasteiger partial charge in [0, 0.05) is 35.0 Å². The van der Waals surface area contributed by atoms with Crippen molar-refractivity contribution in [3.8, 4) is 0 Å². The van der Waals surface area contributed by atoms with Gasteiger partial charge < -0.3 is 14.8 Å². The number of carbonyl (C=O) groups excluding carboxylic acids is 2. The maximum absolute atomic E-state index is 14.6. The minimum Gasteiger partial charge on any atom is -0.469 e. The summed E-state index contributed by atoms with van der Waals surface area (Å²) >= 11 is 7.64. The number of nitrogens with zero attached hydrogens (tertiary/aromatic N) is 4. The Bertz CT molecular complexity index is 1540. The smallest absolute Gasteiger partial charge is 0.338 e. The third-order valence-electron chi connectivity index (χ3n) is 7.21. The number of aryl methyl sites for hydroxylation is 1. The quantitative estimate of drug-likeness (QED) is 0.282. The number of amidine groups is 1. The van der Waals surface area contributed by atoms with Crippen LogP contribution in [0.1, 0.15) is 60.6 Å².